The molecule has 2 N–H and O–H groups in total. The van der Waals surface area contributed by atoms with Gasteiger partial charge in [0.1, 0.15) is 16.5 Å². The van der Waals surface area contributed by atoms with E-state index in [1.165, 1.54) is 42.5 Å². The molecule has 0 aliphatic rings. The summed E-state index contributed by atoms with van der Waals surface area (Å²) in [5, 5.41) is 2.33. The first kappa shape index (κ1) is 21.0. The van der Waals surface area contributed by atoms with E-state index in [0.29, 0.717) is 0 Å². The predicted molar refractivity (Wildman–Crippen MR) is 108 cm³/mol. The third-order valence-corrected chi connectivity index (χ3v) is 6.09. The van der Waals surface area contributed by atoms with E-state index in [4.69, 9.17) is 23.2 Å². The monoisotopic (exact) mass is 456 g/mol. The van der Waals surface area contributed by atoms with Crippen LogP contribution in [-0.4, -0.2) is 14.3 Å². The van der Waals surface area contributed by atoms with Gasteiger partial charge in [-0.3, -0.25) is 9.52 Å². The number of hydrogen-bond donors (Lipinski definition) is 2. The number of carbonyl (C=O) groups is 1. The summed E-state index contributed by atoms with van der Waals surface area (Å²) in [7, 11) is -4.06. The highest BCUT2D eigenvalue weighted by Gasteiger charge is 2.21. The molecule has 1 amide bonds. The fourth-order valence-electron chi connectivity index (χ4n) is 2.44. The van der Waals surface area contributed by atoms with E-state index in [2.05, 4.69) is 10.0 Å². The number of carbonyl (C=O) groups excluding carboxylic acids is 1. The van der Waals surface area contributed by atoms with Gasteiger partial charge in [-0.15, -0.1) is 0 Å². The first-order chi connectivity index (χ1) is 13.7. The number of anilines is 2. The lowest BCUT2D eigenvalue weighted by Gasteiger charge is -2.12. The average molecular weight is 457 g/mol. The fraction of sp³-hybridized carbons (Fsp3) is 0. The highest BCUT2D eigenvalue weighted by molar-refractivity contribution is 7.93. The molecule has 0 saturated carbocycles. The van der Waals surface area contributed by atoms with Crippen LogP contribution < -0.4 is 10.0 Å². The summed E-state index contributed by atoms with van der Waals surface area (Å²) in [6.07, 6.45) is 0. The zero-order valence-electron chi connectivity index (χ0n) is 14.4. The molecule has 10 heteroatoms. The third kappa shape index (κ3) is 4.84. The predicted octanol–water partition coefficient (Wildman–Crippen LogP) is 5.32. The Kier molecular flexibility index (Phi) is 6.07. The van der Waals surface area contributed by atoms with Gasteiger partial charge in [0.05, 0.1) is 15.6 Å². The summed E-state index contributed by atoms with van der Waals surface area (Å²) in [5.74, 6) is -2.47. The second kappa shape index (κ2) is 8.36. The number of sulfonamides is 1. The largest absolute Gasteiger partial charge is 0.322 e. The van der Waals surface area contributed by atoms with Crippen LogP contribution in [0.25, 0.3) is 0 Å². The highest BCUT2D eigenvalue weighted by Crippen LogP contribution is 2.30. The number of rotatable bonds is 5. The van der Waals surface area contributed by atoms with Crippen LogP contribution in [0.1, 0.15) is 10.4 Å². The third-order valence-electron chi connectivity index (χ3n) is 3.76. The van der Waals surface area contributed by atoms with Crippen molar-refractivity contribution in [3.8, 4) is 0 Å². The topological polar surface area (TPSA) is 75.3 Å². The van der Waals surface area contributed by atoms with Crippen LogP contribution >= 0.6 is 23.2 Å². The summed E-state index contributed by atoms with van der Waals surface area (Å²) in [5.41, 5.74) is -0.0311. The van der Waals surface area contributed by atoms with E-state index < -0.39 is 33.1 Å². The number of benzene rings is 3. The zero-order valence-corrected chi connectivity index (χ0v) is 16.7. The van der Waals surface area contributed by atoms with Crippen molar-refractivity contribution in [1.29, 1.82) is 0 Å². The van der Waals surface area contributed by atoms with Crippen molar-refractivity contribution >= 4 is 50.5 Å². The second-order valence-electron chi connectivity index (χ2n) is 5.81. The van der Waals surface area contributed by atoms with E-state index in [1.807, 2.05) is 0 Å². The van der Waals surface area contributed by atoms with Gasteiger partial charge in [-0.1, -0.05) is 29.3 Å². The van der Waals surface area contributed by atoms with Gasteiger partial charge in [0.25, 0.3) is 15.9 Å². The molecule has 0 unspecified atom stereocenters. The number of halogens is 4. The van der Waals surface area contributed by atoms with Crippen molar-refractivity contribution in [3.05, 3.63) is 87.9 Å². The van der Waals surface area contributed by atoms with E-state index in [-0.39, 0.29) is 26.3 Å². The van der Waals surface area contributed by atoms with Crippen LogP contribution in [0.2, 0.25) is 10.0 Å². The Morgan fingerprint density at radius 1 is 0.862 bits per heavy atom. The smallest absolute Gasteiger partial charge is 0.264 e. The van der Waals surface area contributed by atoms with E-state index in [9.17, 15) is 22.0 Å². The summed E-state index contributed by atoms with van der Waals surface area (Å²) in [6, 6.07) is 12.4. The highest BCUT2D eigenvalue weighted by atomic mass is 35.5. The van der Waals surface area contributed by atoms with Crippen molar-refractivity contribution in [3.63, 3.8) is 0 Å². The molecular weight excluding hydrogens is 445 g/mol. The molecule has 150 valence electrons. The SMILES string of the molecule is O=C(Nc1ccc(NS(=O)(=O)c2c(Cl)cccc2Cl)cc1)c1cc(F)ccc1F. The Hall–Kier alpha value is -2.68. The zero-order chi connectivity index (χ0) is 21.2. The lowest BCUT2D eigenvalue weighted by atomic mass is 10.2. The van der Waals surface area contributed by atoms with Crippen LogP contribution in [0.3, 0.4) is 0 Å². The van der Waals surface area contributed by atoms with Gasteiger partial charge in [0, 0.05) is 11.4 Å². The molecule has 0 fully saturated rings. The molecule has 3 rings (SSSR count). The molecule has 0 radical (unpaired) electrons. The van der Waals surface area contributed by atoms with Crippen molar-refractivity contribution in [2.45, 2.75) is 4.90 Å². The molecule has 5 nitrogen and oxygen atoms in total. The lowest BCUT2D eigenvalue weighted by molar-refractivity contribution is 0.102. The molecule has 0 spiro atoms. The van der Waals surface area contributed by atoms with Crippen molar-refractivity contribution in [2.24, 2.45) is 0 Å². The molecule has 3 aromatic carbocycles. The van der Waals surface area contributed by atoms with Crippen molar-refractivity contribution in [2.75, 3.05) is 10.0 Å². The molecule has 0 heterocycles. The molecule has 0 saturated heterocycles. The second-order valence-corrected chi connectivity index (χ2v) is 8.25. The number of nitrogens with one attached hydrogen (secondary N) is 2. The molecule has 0 atom stereocenters. The Bertz CT molecular complexity index is 1170. The van der Waals surface area contributed by atoms with E-state index >= 15 is 0 Å². The molecule has 3 aromatic rings. The molecular formula is C19H12Cl2F2N2O3S. The van der Waals surface area contributed by atoms with E-state index in [1.54, 1.807) is 0 Å². The van der Waals surface area contributed by atoms with E-state index in [0.717, 1.165) is 18.2 Å². The van der Waals surface area contributed by atoms with Crippen LogP contribution in [0, 0.1) is 11.6 Å². The first-order valence-corrected chi connectivity index (χ1v) is 10.2. The maximum absolute atomic E-state index is 13.7. The summed E-state index contributed by atoms with van der Waals surface area (Å²) < 4.78 is 54.3. The van der Waals surface area contributed by atoms with Gasteiger partial charge in [-0.25, -0.2) is 17.2 Å². The van der Waals surface area contributed by atoms with Gasteiger partial charge >= 0.3 is 0 Å². The molecule has 0 aromatic heterocycles. The standard InChI is InChI=1S/C19H12Cl2F2N2O3S/c20-15-2-1-3-16(21)18(15)29(27,28)25-13-7-5-12(6-8-13)24-19(26)14-10-11(22)4-9-17(14)23/h1-10,25H,(H,24,26). The summed E-state index contributed by atoms with van der Waals surface area (Å²) in [4.78, 5) is 11.8. The van der Waals surface area contributed by atoms with Gasteiger partial charge in [-0.05, 0) is 54.6 Å². The van der Waals surface area contributed by atoms with Crippen LogP contribution in [-0.2, 0) is 10.0 Å². The Morgan fingerprint density at radius 3 is 2.07 bits per heavy atom. The fourth-order valence-corrected chi connectivity index (χ4v) is 4.64. The lowest BCUT2D eigenvalue weighted by Crippen LogP contribution is -2.15. The van der Waals surface area contributed by atoms with Crippen molar-refractivity contribution < 1.29 is 22.0 Å². The quantitative estimate of drug-likeness (QED) is 0.544. The molecule has 29 heavy (non-hydrogen) atoms. The maximum Gasteiger partial charge on any atom is 0.264 e. The van der Waals surface area contributed by atoms with Crippen LogP contribution in [0.4, 0.5) is 20.2 Å². The summed E-state index contributed by atoms with van der Waals surface area (Å²) >= 11 is 11.9. The Labute approximate surface area is 175 Å². The summed E-state index contributed by atoms with van der Waals surface area (Å²) in [6.45, 7) is 0. The average Bonchev–Trinajstić information content (AvgIpc) is 2.64. The van der Waals surface area contributed by atoms with Gasteiger partial charge in [-0.2, -0.15) is 0 Å². The number of amides is 1. The van der Waals surface area contributed by atoms with Crippen molar-refractivity contribution in [1.82, 2.24) is 0 Å². The van der Waals surface area contributed by atoms with Gasteiger partial charge < -0.3 is 5.32 Å². The minimum absolute atomic E-state index is 0.0361. The van der Waals surface area contributed by atoms with Gasteiger partial charge in [0.2, 0.25) is 0 Å². The molecule has 0 aliphatic heterocycles. The Balaban J connectivity index is 1.77. The van der Waals surface area contributed by atoms with Gasteiger partial charge in [0.15, 0.2) is 0 Å². The first-order valence-electron chi connectivity index (χ1n) is 8.01. The van der Waals surface area contributed by atoms with Crippen LogP contribution in [0.5, 0.6) is 0 Å². The molecule has 0 bridgehead atoms. The molecule has 0 aliphatic carbocycles. The maximum atomic E-state index is 13.7. The Morgan fingerprint density at radius 2 is 1.45 bits per heavy atom. The minimum atomic E-state index is -4.06. The van der Waals surface area contributed by atoms with Crippen LogP contribution in [0.15, 0.2) is 65.6 Å². The number of hydrogen-bond acceptors (Lipinski definition) is 3. The minimum Gasteiger partial charge on any atom is -0.322 e. The normalized spacial score (nSPS) is 11.2.